The van der Waals surface area contributed by atoms with E-state index in [0.29, 0.717) is 31.9 Å². The van der Waals surface area contributed by atoms with E-state index in [1.807, 2.05) is 47.4 Å². The number of benzene rings is 2. The zero-order valence-electron chi connectivity index (χ0n) is 13.4. The van der Waals surface area contributed by atoms with Crippen molar-refractivity contribution < 1.29 is 9.53 Å². The van der Waals surface area contributed by atoms with Gasteiger partial charge in [0.1, 0.15) is 10.3 Å². The number of fused-ring (bicyclic) bond motifs is 4. The van der Waals surface area contributed by atoms with Crippen LogP contribution in [0.4, 0.5) is 0 Å². The molecule has 0 aliphatic carbocycles. The minimum Gasteiger partial charge on any atom is -0.378 e. The molecule has 0 saturated carbocycles. The number of nitrogens with zero attached hydrogens (tertiary/aromatic N) is 3. The molecule has 4 aromatic rings. The van der Waals surface area contributed by atoms with Gasteiger partial charge in [-0.1, -0.05) is 12.1 Å². The average Bonchev–Trinajstić information content (AvgIpc) is 3.03. The minimum atomic E-state index is 0.0540. The fraction of sp³-hybridized carbons (Fsp3) is 0.211. The number of para-hydroxylation sites is 2. The molecule has 0 radical (unpaired) electrons. The Morgan fingerprint density at radius 3 is 2.60 bits per heavy atom. The summed E-state index contributed by atoms with van der Waals surface area (Å²) < 4.78 is 6.43. The van der Waals surface area contributed by atoms with E-state index < -0.39 is 0 Å². The molecule has 124 valence electrons. The van der Waals surface area contributed by atoms with Gasteiger partial charge < -0.3 is 9.64 Å². The van der Waals surface area contributed by atoms with Gasteiger partial charge in [-0.25, -0.2) is 9.97 Å². The Morgan fingerprint density at radius 1 is 1.04 bits per heavy atom. The summed E-state index contributed by atoms with van der Waals surface area (Å²) in [5.74, 6) is 0.0540. The maximum atomic E-state index is 12.8. The number of carbonyl (C=O) groups is 1. The molecule has 1 amide bonds. The van der Waals surface area contributed by atoms with E-state index in [2.05, 4.69) is 0 Å². The molecular weight excluding hydrogens is 334 g/mol. The molecule has 1 fully saturated rings. The van der Waals surface area contributed by atoms with Crippen molar-refractivity contribution in [2.75, 3.05) is 26.3 Å². The summed E-state index contributed by atoms with van der Waals surface area (Å²) >= 11 is 1.61. The highest BCUT2D eigenvalue weighted by Gasteiger charge is 2.19. The molecule has 6 heteroatoms. The molecule has 3 heterocycles. The smallest absolute Gasteiger partial charge is 0.254 e. The lowest BCUT2D eigenvalue weighted by atomic mass is 10.1. The van der Waals surface area contributed by atoms with Gasteiger partial charge in [0.2, 0.25) is 0 Å². The van der Waals surface area contributed by atoms with Crippen molar-refractivity contribution in [1.82, 2.24) is 14.9 Å². The van der Waals surface area contributed by atoms with Crippen LogP contribution in [0.15, 0.2) is 42.5 Å². The molecular formula is C19H15N3O2S. The number of hydrogen-bond donors (Lipinski definition) is 0. The van der Waals surface area contributed by atoms with Crippen molar-refractivity contribution in [3.63, 3.8) is 0 Å². The Kier molecular flexibility index (Phi) is 3.39. The standard InChI is InChI=1S/C19H15N3O2S/c23-19(22-7-9-24-10-8-22)12-5-6-16-13(11-12)17-18(25-16)21-15-4-2-1-3-14(15)20-17/h1-6,11H,7-10H2. The third-order valence-electron chi connectivity index (χ3n) is 4.53. The topological polar surface area (TPSA) is 55.3 Å². The molecule has 2 aromatic heterocycles. The number of rotatable bonds is 1. The van der Waals surface area contributed by atoms with Crippen LogP contribution in [0.5, 0.6) is 0 Å². The summed E-state index contributed by atoms with van der Waals surface area (Å²) in [7, 11) is 0. The van der Waals surface area contributed by atoms with Gasteiger partial charge in [-0.3, -0.25) is 4.79 Å². The third-order valence-corrected chi connectivity index (χ3v) is 5.58. The van der Waals surface area contributed by atoms with Gasteiger partial charge in [0.05, 0.1) is 24.2 Å². The van der Waals surface area contributed by atoms with Crippen LogP contribution in [0, 0.1) is 0 Å². The van der Waals surface area contributed by atoms with E-state index in [1.165, 1.54) is 0 Å². The van der Waals surface area contributed by atoms with Crippen molar-refractivity contribution in [1.29, 1.82) is 0 Å². The number of amides is 1. The second kappa shape index (κ2) is 5.75. The highest BCUT2D eigenvalue weighted by atomic mass is 32.1. The molecule has 25 heavy (non-hydrogen) atoms. The van der Waals surface area contributed by atoms with Crippen molar-refractivity contribution in [3.05, 3.63) is 48.0 Å². The first-order valence-electron chi connectivity index (χ1n) is 8.26. The van der Waals surface area contributed by atoms with E-state index in [0.717, 1.165) is 31.5 Å². The highest BCUT2D eigenvalue weighted by Crippen LogP contribution is 2.33. The second-order valence-electron chi connectivity index (χ2n) is 6.08. The molecule has 1 aliphatic heterocycles. The van der Waals surface area contributed by atoms with Gasteiger partial charge in [0.15, 0.2) is 0 Å². The molecule has 2 aromatic carbocycles. The predicted octanol–water partition coefficient (Wildman–Crippen LogP) is 3.47. The fourth-order valence-electron chi connectivity index (χ4n) is 3.22. The summed E-state index contributed by atoms with van der Waals surface area (Å²) in [5.41, 5.74) is 3.34. The van der Waals surface area contributed by atoms with E-state index in [4.69, 9.17) is 14.7 Å². The maximum Gasteiger partial charge on any atom is 0.254 e. The summed E-state index contributed by atoms with van der Waals surface area (Å²) in [4.78, 5) is 25.0. The molecule has 1 aliphatic rings. The summed E-state index contributed by atoms with van der Waals surface area (Å²) in [6.45, 7) is 2.50. The molecule has 5 nitrogen and oxygen atoms in total. The number of aromatic nitrogens is 2. The van der Waals surface area contributed by atoms with Crippen molar-refractivity contribution >= 4 is 48.7 Å². The molecule has 0 N–H and O–H groups in total. The number of thiophene rings is 1. The first-order chi connectivity index (χ1) is 12.3. The minimum absolute atomic E-state index is 0.0540. The number of ether oxygens (including phenoxy) is 1. The first-order valence-corrected chi connectivity index (χ1v) is 9.07. The summed E-state index contributed by atoms with van der Waals surface area (Å²) in [5, 5.41) is 0.998. The normalized spacial score (nSPS) is 15.3. The van der Waals surface area contributed by atoms with Crippen molar-refractivity contribution in [3.8, 4) is 0 Å². The van der Waals surface area contributed by atoms with Crippen LogP contribution in [-0.4, -0.2) is 47.1 Å². The van der Waals surface area contributed by atoms with Crippen molar-refractivity contribution in [2.24, 2.45) is 0 Å². The van der Waals surface area contributed by atoms with Gasteiger partial charge in [-0.15, -0.1) is 11.3 Å². The quantitative estimate of drug-likeness (QED) is 0.528. The monoisotopic (exact) mass is 349 g/mol. The highest BCUT2D eigenvalue weighted by molar-refractivity contribution is 7.25. The van der Waals surface area contributed by atoms with Crippen LogP contribution in [-0.2, 0) is 4.74 Å². The molecule has 0 bridgehead atoms. The van der Waals surface area contributed by atoms with E-state index in [1.54, 1.807) is 11.3 Å². The summed E-state index contributed by atoms with van der Waals surface area (Å²) in [6.07, 6.45) is 0. The zero-order valence-corrected chi connectivity index (χ0v) is 14.3. The van der Waals surface area contributed by atoms with Crippen LogP contribution < -0.4 is 0 Å². The number of hydrogen-bond acceptors (Lipinski definition) is 5. The molecule has 0 spiro atoms. The Balaban J connectivity index is 1.66. The van der Waals surface area contributed by atoms with E-state index >= 15 is 0 Å². The molecule has 1 saturated heterocycles. The van der Waals surface area contributed by atoms with Crippen LogP contribution >= 0.6 is 11.3 Å². The fourth-order valence-corrected chi connectivity index (χ4v) is 4.23. The maximum absolute atomic E-state index is 12.8. The van der Waals surface area contributed by atoms with Crippen LogP contribution in [0.3, 0.4) is 0 Å². The molecule has 0 unspecified atom stereocenters. The SMILES string of the molecule is O=C(c1ccc2sc3nc4ccccc4nc3c2c1)N1CCOCC1. The van der Waals surface area contributed by atoms with Gasteiger partial charge >= 0.3 is 0 Å². The molecule has 5 rings (SSSR count). The number of carbonyl (C=O) groups excluding carboxylic acids is 1. The Hall–Kier alpha value is -2.57. The lowest BCUT2D eigenvalue weighted by Crippen LogP contribution is -2.40. The third kappa shape index (κ3) is 2.45. The van der Waals surface area contributed by atoms with Gasteiger partial charge in [0.25, 0.3) is 5.91 Å². The first kappa shape index (κ1) is 14.7. The largest absolute Gasteiger partial charge is 0.378 e. The second-order valence-corrected chi connectivity index (χ2v) is 7.11. The Morgan fingerprint density at radius 2 is 1.80 bits per heavy atom. The van der Waals surface area contributed by atoms with Crippen molar-refractivity contribution in [2.45, 2.75) is 0 Å². The van der Waals surface area contributed by atoms with Gasteiger partial charge in [-0.2, -0.15) is 0 Å². The van der Waals surface area contributed by atoms with E-state index in [-0.39, 0.29) is 5.91 Å². The Labute approximate surface area is 147 Å². The van der Waals surface area contributed by atoms with Crippen LogP contribution in [0.1, 0.15) is 10.4 Å². The van der Waals surface area contributed by atoms with Gasteiger partial charge in [-0.05, 0) is 30.3 Å². The number of morpholine rings is 1. The molecule has 0 atom stereocenters. The van der Waals surface area contributed by atoms with E-state index in [9.17, 15) is 4.79 Å². The van der Waals surface area contributed by atoms with Gasteiger partial charge in [0, 0.05) is 28.7 Å². The zero-order chi connectivity index (χ0) is 16.8. The average molecular weight is 349 g/mol. The predicted molar refractivity (Wildman–Crippen MR) is 99.1 cm³/mol. The van der Waals surface area contributed by atoms with Crippen LogP contribution in [0.2, 0.25) is 0 Å². The lowest BCUT2D eigenvalue weighted by Gasteiger charge is -2.26. The van der Waals surface area contributed by atoms with Crippen LogP contribution in [0.25, 0.3) is 31.5 Å². The Bertz CT molecular complexity index is 1120. The summed E-state index contributed by atoms with van der Waals surface area (Å²) in [6, 6.07) is 13.7. The lowest BCUT2D eigenvalue weighted by molar-refractivity contribution is 0.0303.